The molecule has 0 saturated heterocycles. The monoisotopic (exact) mass is 375 g/mol. The van der Waals surface area contributed by atoms with Crippen molar-refractivity contribution in [3.05, 3.63) is 52.6 Å². The normalized spacial score (nSPS) is 11.1. The van der Waals surface area contributed by atoms with Crippen LogP contribution in [0.15, 0.2) is 47.1 Å². The number of fused-ring (bicyclic) bond motifs is 3. The van der Waals surface area contributed by atoms with E-state index in [0.29, 0.717) is 5.56 Å². The van der Waals surface area contributed by atoms with Crippen LogP contribution in [0.4, 0.5) is 0 Å². The largest absolute Gasteiger partial charge is 0.468 e. The Labute approximate surface area is 140 Å². The maximum Gasteiger partial charge on any atom is 0.324 e. The molecule has 0 N–H and O–H groups in total. The molecule has 0 amide bonds. The van der Waals surface area contributed by atoms with Crippen LogP contribution in [-0.4, -0.2) is 30.6 Å². The highest BCUT2D eigenvalue weighted by molar-refractivity contribution is 9.10. The summed E-state index contributed by atoms with van der Waals surface area (Å²) in [4.78, 5) is 24.4. The number of hydrogen-bond acceptors (Lipinski definition) is 4. The molecule has 0 aliphatic heterocycles. The third kappa shape index (κ3) is 2.49. The zero-order valence-corrected chi connectivity index (χ0v) is 14.2. The number of halogens is 1. The van der Waals surface area contributed by atoms with Gasteiger partial charge in [-0.2, -0.15) is 0 Å². The van der Waals surface area contributed by atoms with Gasteiger partial charge in [0.2, 0.25) is 0 Å². The van der Waals surface area contributed by atoms with Gasteiger partial charge >= 0.3 is 11.9 Å². The molecule has 3 aromatic rings. The average molecular weight is 376 g/mol. The SMILES string of the molecule is COC(=O)C(C(=O)OC)c1c2ccccc2n2cc(Br)ccc12. The van der Waals surface area contributed by atoms with E-state index < -0.39 is 17.9 Å². The summed E-state index contributed by atoms with van der Waals surface area (Å²) in [6, 6.07) is 11.3. The average Bonchev–Trinajstić information content (AvgIpc) is 2.89. The highest BCUT2D eigenvalue weighted by atomic mass is 79.9. The van der Waals surface area contributed by atoms with E-state index in [1.165, 1.54) is 14.2 Å². The van der Waals surface area contributed by atoms with E-state index in [1.54, 1.807) is 0 Å². The van der Waals surface area contributed by atoms with Gasteiger partial charge in [-0.05, 0) is 34.1 Å². The second-order valence-electron chi connectivity index (χ2n) is 5.01. The second-order valence-corrected chi connectivity index (χ2v) is 5.93. The Kier molecular flexibility index (Phi) is 4.09. The molecule has 6 heteroatoms. The predicted octanol–water partition coefficient (Wildman–Crippen LogP) is 3.28. The van der Waals surface area contributed by atoms with Crippen LogP contribution < -0.4 is 0 Å². The minimum atomic E-state index is -1.12. The molecule has 0 bridgehead atoms. The number of methoxy groups -OCH3 is 2. The smallest absolute Gasteiger partial charge is 0.324 e. The highest BCUT2D eigenvalue weighted by Gasteiger charge is 2.34. The van der Waals surface area contributed by atoms with Crippen molar-refractivity contribution in [2.75, 3.05) is 14.2 Å². The molecule has 3 rings (SSSR count). The van der Waals surface area contributed by atoms with Crippen molar-refractivity contribution in [1.29, 1.82) is 0 Å². The van der Waals surface area contributed by atoms with Gasteiger partial charge in [0.05, 0.1) is 25.3 Å². The first-order valence-electron chi connectivity index (χ1n) is 6.92. The molecule has 0 aliphatic rings. The second kappa shape index (κ2) is 6.04. The molecule has 118 valence electrons. The fourth-order valence-electron chi connectivity index (χ4n) is 2.81. The van der Waals surface area contributed by atoms with Gasteiger partial charge in [-0.3, -0.25) is 9.59 Å². The van der Waals surface area contributed by atoms with Gasteiger partial charge in [0.1, 0.15) is 0 Å². The lowest BCUT2D eigenvalue weighted by Crippen LogP contribution is -2.24. The summed E-state index contributed by atoms with van der Waals surface area (Å²) in [6.07, 6.45) is 1.90. The van der Waals surface area contributed by atoms with Gasteiger partial charge in [-0.15, -0.1) is 0 Å². The zero-order chi connectivity index (χ0) is 16.6. The van der Waals surface area contributed by atoms with Gasteiger partial charge in [-0.25, -0.2) is 0 Å². The summed E-state index contributed by atoms with van der Waals surface area (Å²) >= 11 is 3.45. The van der Waals surface area contributed by atoms with E-state index in [2.05, 4.69) is 15.9 Å². The Morgan fingerprint density at radius 2 is 1.65 bits per heavy atom. The lowest BCUT2D eigenvalue weighted by atomic mass is 9.96. The number of ether oxygens (including phenoxy) is 2. The molecule has 0 unspecified atom stereocenters. The number of hydrogen-bond donors (Lipinski definition) is 0. The van der Waals surface area contributed by atoms with Crippen molar-refractivity contribution in [3.8, 4) is 0 Å². The van der Waals surface area contributed by atoms with E-state index >= 15 is 0 Å². The van der Waals surface area contributed by atoms with E-state index in [0.717, 1.165) is 20.9 Å². The molecule has 2 aromatic heterocycles. The molecule has 1 aromatic carbocycles. The van der Waals surface area contributed by atoms with Gasteiger partial charge < -0.3 is 13.9 Å². The molecule has 0 saturated carbocycles. The summed E-state index contributed by atoms with van der Waals surface area (Å²) < 4.78 is 12.5. The Balaban J connectivity index is 2.41. The summed E-state index contributed by atoms with van der Waals surface area (Å²) in [5.41, 5.74) is 2.25. The van der Waals surface area contributed by atoms with Crippen LogP contribution in [0.1, 0.15) is 11.5 Å². The lowest BCUT2D eigenvalue weighted by molar-refractivity contribution is -0.154. The van der Waals surface area contributed by atoms with Crippen molar-refractivity contribution in [1.82, 2.24) is 4.40 Å². The molecule has 0 fully saturated rings. The Bertz CT molecular complexity index is 899. The van der Waals surface area contributed by atoms with Gasteiger partial charge in [-0.1, -0.05) is 18.2 Å². The molecule has 0 atom stereocenters. The number of pyridine rings is 1. The molecule has 2 heterocycles. The molecule has 0 radical (unpaired) electrons. The van der Waals surface area contributed by atoms with Gasteiger partial charge in [0.15, 0.2) is 5.92 Å². The minimum Gasteiger partial charge on any atom is -0.468 e. The fourth-order valence-corrected chi connectivity index (χ4v) is 3.15. The van der Waals surface area contributed by atoms with Crippen molar-refractivity contribution in [3.63, 3.8) is 0 Å². The molecule has 5 nitrogen and oxygen atoms in total. The summed E-state index contributed by atoms with van der Waals surface area (Å²) in [6.45, 7) is 0. The zero-order valence-electron chi connectivity index (χ0n) is 12.6. The third-order valence-corrected chi connectivity index (χ3v) is 4.27. The molecular weight excluding hydrogens is 362 g/mol. The number of carbonyl (C=O) groups is 2. The number of nitrogens with zero attached hydrogens (tertiary/aromatic N) is 1. The fraction of sp³-hybridized carbons (Fsp3) is 0.176. The van der Waals surface area contributed by atoms with Gasteiger partial charge in [0, 0.05) is 21.6 Å². The van der Waals surface area contributed by atoms with E-state index in [1.807, 2.05) is 47.0 Å². The minimum absolute atomic E-state index is 0.590. The maximum absolute atomic E-state index is 12.2. The Morgan fingerprint density at radius 3 is 2.30 bits per heavy atom. The first kappa shape index (κ1) is 15.6. The maximum atomic E-state index is 12.2. The Hall–Kier alpha value is -2.34. The van der Waals surface area contributed by atoms with E-state index in [-0.39, 0.29) is 0 Å². The van der Waals surface area contributed by atoms with Crippen LogP contribution in [0, 0.1) is 0 Å². The van der Waals surface area contributed by atoms with Crippen LogP contribution in [0.2, 0.25) is 0 Å². The highest BCUT2D eigenvalue weighted by Crippen LogP contribution is 2.34. The van der Waals surface area contributed by atoms with Crippen molar-refractivity contribution in [2.24, 2.45) is 0 Å². The number of para-hydroxylation sites is 1. The Morgan fingerprint density at radius 1 is 1.00 bits per heavy atom. The van der Waals surface area contributed by atoms with Crippen LogP contribution in [0.3, 0.4) is 0 Å². The molecule has 0 aliphatic carbocycles. The van der Waals surface area contributed by atoms with E-state index in [4.69, 9.17) is 9.47 Å². The number of carbonyl (C=O) groups excluding carboxylic acids is 2. The van der Waals surface area contributed by atoms with Gasteiger partial charge in [0.25, 0.3) is 0 Å². The summed E-state index contributed by atoms with van der Waals surface area (Å²) in [5, 5.41) is 0.811. The topological polar surface area (TPSA) is 57.0 Å². The van der Waals surface area contributed by atoms with Crippen LogP contribution in [0.5, 0.6) is 0 Å². The van der Waals surface area contributed by atoms with Crippen molar-refractivity contribution >= 4 is 44.3 Å². The molecular formula is C17H14BrNO4. The van der Waals surface area contributed by atoms with Crippen molar-refractivity contribution < 1.29 is 19.1 Å². The summed E-state index contributed by atoms with van der Waals surface area (Å²) in [5.74, 6) is -2.41. The quantitative estimate of drug-likeness (QED) is 0.520. The summed E-state index contributed by atoms with van der Waals surface area (Å²) in [7, 11) is 2.52. The van der Waals surface area contributed by atoms with Crippen LogP contribution in [-0.2, 0) is 19.1 Å². The number of rotatable bonds is 3. The standard InChI is InChI=1S/C17H14BrNO4/c1-22-16(20)15(17(21)23-2)14-11-5-3-4-6-12(11)19-9-10(18)7-8-13(14)19/h3-9,15H,1-2H3. The van der Waals surface area contributed by atoms with Crippen molar-refractivity contribution in [2.45, 2.75) is 5.92 Å². The number of benzene rings is 1. The molecule has 23 heavy (non-hydrogen) atoms. The van der Waals surface area contributed by atoms with Crippen LogP contribution in [0.25, 0.3) is 16.4 Å². The number of esters is 2. The van der Waals surface area contributed by atoms with Crippen LogP contribution >= 0.6 is 15.9 Å². The predicted molar refractivity (Wildman–Crippen MR) is 89.4 cm³/mol. The first-order valence-corrected chi connectivity index (χ1v) is 7.71. The van der Waals surface area contributed by atoms with E-state index in [9.17, 15) is 9.59 Å². The number of aromatic nitrogens is 1. The first-order chi connectivity index (χ1) is 11.1. The molecule has 0 spiro atoms. The lowest BCUT2D eigenvalue weighted by Gasteiger charge is -2.12. The third-order valence-electron chi connectivity index (χ3n) is 3.80.